The number of carbonyl (C=O) groups is 1. The molecule has 1 amide bonds. The van der Waals surface area contributed by atoms with Gasteiger partial charge >= 0.3 is 0 Å². The predicted octanol–water partition coefficient (Wildman–Crippen LogP) is 2.22. The molecule has 0 bridgehead atoms. The molecule has 116 valence electrons. The van der Waals surface area contributed by atoms with Gasteiger partial charge in [0.15, 0.2) is 5.69 Å². The van der Waals surface area contributed by atoms with Crippen LogP contribution in [-0.2, 0) is 9.84 Å². The Morgan fingerprint density at radius 1 is 1.23 bits per heavy atom. The summed E-state index contributed by atoms with van der Waals surface area (Å²) in [5, 5.41) is 2.34. The van der Waals surface area contributed by atoms with Crippen LogP contribution in [-0.4, -0.2) is 35.0 Å². The SMILES string of the molecule is CCS(=O)(=O)c1ncc(Cl)c(C(=O)Nc2ccc(Cl)cn2)n1. The second-order valence-corrected chi connectivity index (χ2v) is 7.08. The van der Waals surface area contributed by atoms with Crippen LogP contribution in [0.4, 0.5) is 5.82 Å². The number of aromatic nitrogens is 3. The third-order valence-corrected chi connectivity index (χ3v) is 4.58. The Morgan fingerprint density at radius 3 is 2.55 bits per heavy atom. The summed E-state index contributed by atoms with van der Waals surface area (Å²) in [6.45, 7) is 1.45. The number of anilines is 1. The average molecular weight is 361 g/mol. The lowest BCUT2D eigenvalue weighted by Gasteiger charge is -2.07. The molecule has 2 aromatic rings. The summed E-state index contributed by atoms with van der Waals surface area (Å²) in [6.07, 6.45) is 2.42. The van der Waals surface area contributed by atoms with Crippen molar-refractivity contribution in [2.45, 2.75) is 12.1 Å². The standard InChI is InChI=1S/C12H10Cl2N4O3S/c1-2-22(20,21)12-16-6-8(14)10(18-12)11(19)17-9-4-3-7(13)5-15-9/h3-6H,2H2,1H3,(H,15,17,19). The van der Waals surface area contributed by atoms with Crippen molar-refractivity contribution in [1.29, 1.82) is 0 Å². The van der Waals surface area contributed by atoms with E-state index in [0.717, 1.165) is 6.20 Å². The Hall–Kier alpha value is -1.77. The Balaban J connectivity index is 2.33. The van der Waals surface area contributed by atoms with Gasteiger partial charge in [-0.05, 0) is 12.1 Å². The lowest BCUT2D eigenvalue weighted by molar-refractivity contribution is 0.102. The molecule has 22 heavy (non-hydrogen) atoms. The molecular weight excluding hydrogens is 351 g/mol. The average Bonchev–Trinajstić information content (AvgIpc) is 2.49. The summed E-state index contributed by atoms with van der Waals surface area (Å²) in [5.74, 6) is -0.659. The molecule has 1 N–H and O–H groups in total. The molecular formula is C12H10Cl2N4O3S. The molecule has 2 heterocycles. The zero-order valence-electron chi connectivity index (χ0n) is 11.2. The summed E-state index contributed by atoms with van der Waals surface area (Å²) >= 11 is 11.5. The molecule has 0 radical (unpaired) electrons. The molecule has 0 aliphatic carbocycles. The zero-order valence-corrected chi connectivity index (χ0v) is 13.6. The maximum Gasteiger partial charge on any atom is 0.277 e. The summed E-state index contributed by atoms with van der Waals surface area (Å²) in [4.78, 5) is 23.4. The maximum atomic E-state index is 12.1. The first-order valence-electron chi connectivity index (χ1n) is 6.01. The molecule has 0 atom stereocenters. The predicted molar refractivity (Wildman–Crippen MR) is 82.0 cm³/mol. The van der Waals surface area contributed by atoms with Gasteiger partial charge in [-0.2, -0.15) is 0 Å². The summed E-state index contributed by atoms with van der Waals surface area (Å²) in [6, 6.07) is 3.03. The first-order valence-corrected chi connectivity index (χ1v) is 8.42. The molecule has 0 saturated heterocycles. The molecule has 0 unspecified atom stereocenters. The highest BCUT2D eigenvalue weighted by Gasteiger charge is 2.21. The van der Waals surface area contributed by atoms with Gasteiger partial charge in [0.1, 0.15) is 5.82 Å². The van der Waals surface area contributed by atoms with Crippen molar-refractivity contribution >= 4 is 44.8 Å². The van der Waals surface area contributed by atoms with Crippen LogP contribution in [0.5, 0.6) is 0 Å². The van der Waals surface area contributed by atoms with E-state index in [9.17, 15) is 13.2 Å². The van der Waals surface area contributed by atoms with Gasteiger partial charge in [-0.15, -0.1) is 0 Å². The molecule has 0 aliphatic heterocycles. The van der Waals surface area contributed by atoms with Gasteiger partial charge in [-0.1, -0.05) is 30.1 Å². The zero-order chi connectivity index (χ0) is 16.3. The molecule has 0 aliphatic rings. The molecule has 2 rings (SSSR count). The minimum atomic E-state index is -3.64. The number of carbonyl (C=O) groups excluding carboxylic acids is 1. The van der Waals surface area contributed by atoms with Crippen LogP contribution in [0.2, 0.25) is 10.0 Å². The minimum Gasteiger partial charge on any atom is -0.305 e. The number of nitrogens with zero attached hydrogens (tertiary/aromatic N) is 3. The van der Waals surface area contributed by atoms with Crippen molar-refractivity contribution in [3.05, 3.63) is 40.3 Å². The lowest BCUT2D eigenvalue weighted by Crippen LogP contribution is -2.18. The summed E-state index contributed by atoms with van der Waals surface area (Å²) in [5.41, 5.74) is -0.250. The van der Waals surface area contributed by atoms with E-state index in [1.165, 1.54) is 19.2 Å². The highest BCUT2D eigenvalue weighted by atomic mass is 35.5. The van der Waals surface area contributed by atoms with E-state index in [0.29, 0.717) is 5.02 Å². The van der Waals surface area contributed by atoms with Crippen LogP contribution in [0.3, 0.4) is 0 Å². The number of amides is 1. The second-order valence-electron chi connectivity index (χ2n) is 4.07. The van der Waals surface area contributed by atoms with E-state index in [1.54, 1.807) is 6.07 Å². The van der Waals surface area contributed by atoms with Crippen molar-refractivity contribution in [1.82, 2.24) is 15.0 Å². The third-order valence-electron chi connectivity index (χ3n) is 2.56. The van der Waals surface area contributed by atoms with Crippen molar-refractivity contribution in [3.8, 4) is 0 Å². The van der Waals surface area contributed by atoms with Crippen molar-refractivity contribution in [2.75, 3.05) is 11.1 Å². The van der Waals surface area contributed by atoms with Gasteiger partial charge in [-0.3, -0.25) is 4.79 Å². The fourth-order valence-corrected chi connectivity index (χ4v) is 2.40. The van der Waals surface area contributed by atoms with E-state index < -0.39 is 20.9 Å². The first-order chi connectivity index (χ1) is 10.3. The second kappa shape index (κ2) is 6.55. The van der Waals surface area contributed by atoms with E-state index in [2.05, 4.69) is 20.3 Å². The van der Waals surface area contributed by atoms with Crippen molar-refractivity contribution < 1.29 is 13.2 Å². The van der Waals surface area contributed by atoms with Crippen molar-refractivity contribution in [2.24, 2.45) is 0 Å². The Kier molecular flexibility index (Phi) is 4.94. The highest BCUT2D eigenvalue weighted by molar-refractivity contribution is 7.91. The first kappa shape index (κ1) is 16.6. The molecule has 0 fully saturated rings. The fraction of sp³-hybridized carbons (Fsp3) is 0.167. The van der Waals surface area contributed by atoms with Gasteiger partial charge in [0.05, 0.1) is 22.0 Å². The summed E-state index contributed by atoms with van der Waals surface area (Å²) in [7, 11) is -3.64. The highest BCUT2D eigenvalue weighted by Crippen LogP contribution is 2.17. The third kappa shape index (κ3) is 3.70. The Morgan fingerprint density at radius 2 is 1.95 bits per heavy atom. The number of nitrogens with one attached hydrogen (secondary N) is 1. The van der Waals surface area contributed by atoms with Gasteiger partial charge in [-0.25, -0.2) is 23.4 Å². The quantitative estimate of drug-likeness (QED) is 0.838. The van der Waals surface area contributed by atoms with Crippen LogP contribution in [0, 0.1) is 0 Å². The maximum absolute atomic E-state index is 12.1. The Bertz CT molecular complexity index is 810. The largest absolute Gasteiger partial charge is 0.305 e. The van der Waals surface area contributed by atoms with E-state index in [-0.39, 0.29) is 22.3 Å². The summed E-state index contributed by atoms with van der Waals surface area (Å²) < 4.78 is 23.5. The molecule has 0 aromatic carbocycles. The Labute approximate surface area is 136 Å². The number of sulfone groups is 1. The number of hydrogen-bond acceptors (Lipinski definition) is 6. The van der Waals surface area contributed by atoms with Gasteiger partial charge < -0.3 is 5.32 Å². The fourth-order valence-electron chi connectivity index (χ4n) is 1.41. The smallest absolute Gasteiger partial charge is 0.277 e. The monoisotopic (exact) mass is 360 g/mol. The molecule has 10 heteroatoms. The normalized spacial score (nSPS) is 11.2. The van der Waals surface area contributed by atoms with Crippen LogP contribution in [0.15, 0.2) is 29.7 Å². The lowest BCUT2D eigenvalue weighted by atomic mass is 10.3. The molecule has 0 saturated carbocycles. The molecule has 0 spiro atoms. The number of hydrogen-bond donors (Lipinski definition) is 1. The van der Waals surface area contributed by atoms with Crippen LogP contribution in [0.25, 0.3) is 0 Å². The van der Waals surface area contributed by atoms with E-state index in [4.69, 9.17) is 23.2 Å². The van der Waals surface area contributed by atoms with E-state index in [1.807, 2.05) is 0 Å². The van der Waals surface area contributed by atoms with E-state index >= 15 is 0 Å². The number of pyridine rings is 1. The minimum absolute atomic E-state index is 0.0680. The van der Waals surface area contributed by atoms with Gasteiger partial charge in [0.25, 0.3) is 5.91 Å². The topological polar surface area (TPSA) is 102 Å². The molecule has 2 aromatic heterocycles. The van der Waals surface area contributed by atoms with Crippen LogP contribution in [0.1, 0.15) is 17.4 Å². The van der Waals surface area contributed by atoms with Crippen molar-refractivity contribution in [3.63, 3.8) is 0 Å². The van der Waals surface area contributed by atoms with Gasteiger partial charge in [0, 0.05) is 6.20 Å². The number of rotatable bonds is 4. The van der Waals surface area contributed by atoms with Crippen LogP contribution < -0.4 is 5.32 Å². The molecule has 7 nitrogen and oxygen atoms in total. The number of halogens is 2. The van der Waals surface area contributed by atoms with Gasteiger partial charge in [0.2, 0.25) is 15.0 Å². The van der Waals surface area contributed by atoms with Crippen LogP contribution >= 0.6 is 23.2 Å².